The average Bonchev–Trinajstić information content (AvgIpc) is 3.45. The Bertz CT molecular complexity index is 1190. The Labute approximate surface area is 182 Å². The minimum absolute atomic E-state index is 0.182. The Hall–Kier alpha value is -2.62. The molecule has 2 saturated heterocycles. The van der Waals surface area contributed by atoms with Gasteiger partial charge in [-0.15, -0.1) is 0 Å². The van der Waals surface area contributed by atoms with Gasteiger partial charge in [-0.2, -0.15) is 0 Å². The molecule has 3 aromatic rings. The van der Waals surface area contributed by atoms with Crippen LogP contribution in [0.25, 0.3) is 11.0 Å². The molecular weight excluding hydrogens is 414 g/mol. The van der Waals surface area contributed by atoms with Crippen molar-refractivity contribution in [2.45, 2.75) is 17.4 Å². The van der Waals surface area contributed by atoms with E-state index in [1.807, 2.05) is 18.2 Å². The molecule has 0 unspecified atom stereocenters. The molecule has 0 saturated carbocycles. The Balaban J connectivity index is 1.55. The highest BCUT2D eigenvalue weighted by molar-refractivity contribution is 7.90. The van der Waals surface area contributed by atoms with Crippen molar-refractivity contribution < 1.29 is 13.2 Å². The van der Waals surface area contributed by atoms with Gasteiger partial charge in [0.2, 0.25) is 0 Å². The van der Waals surface area contributed by atoms with E-state index in [-0.39, 0.29) is 11.0 Å². The van der Waals surface area contributed by atoms with E-state index in [9.17, 15) is 8.42 Å². The molecule has 8 nitrogen and oxygen atoms in total. The summed E-state index contributed by atoms with van der Waals surface area (Å²) in [6.07, 6.45) is 4.56. The van der Waals surface area contributed by atoms with E-state index in [1.165, 1.54) is 3.97 Å². The predicted octanol–water partition coefficient (Wildman–Crippen LogP) is 1.91. The van der Waals surface area contributed by atoms with Crippen molar-refractivity contribution in [3.05, 3.63) is 48.8 Å². The second-order valence-electron chi connectivity index (χ2n) is 8.01. The molecule has 0 bridgehead atoms. The summed E-state index contributed by atoms with van der Waals surface area (Å²) in [7, 11) is -2.06. The summed E-state index contributed by atoms with van der Waals surface area (Å²) in [6.45, 7) is 5.00. The molecular formula is C22H27N5O3S. The van der Waals surface area contributed by atoms with Gasteiger partial charge in [0.05, 0.1) is 22.2 Å². The van der Waals surface area contributed by atoms with Crippen LogP contribution in [0.1, 0.15) is 6.42 Å². The van der Waals surface area contributed by atoms with Gasteiger partial charge >= 0.3 is 0 Å². The fourth-order valence-electron chi connectivity index (χ4n) is 4.46. The minimum atomic E-state index is -3.78. The van der Waals surface area contributed by atoms with Gasteiger partial charge in [0.25, 0.3) is 10.0 Å². The molecule has 2 fully saturated rings. The molecule has 0 radical (unpaired) electrons. The highest BCUT2D eigenvalue weighted by Gasteiger charge is 2.27. The molecule has 0 amide bonds. The number of methoxy groups -OCH3 is 1. The Morgan fingerprint density at radius 3 is 2.71 bits per heavy atom. The lowest BCUT2D eigenvalue weighted by Crippen LogP contribution is -2.43. The number of ether oxygens (including phenoxy) is 1. The van der Waals surface area contributed by atoms with E-state index >= 15 is 0 Å². The number of aromatic nitrogens is 2. The fraction of sp³-hybridized carbons (Fsp3) is 0.409. The van der Waals surface area contributed by atoms with Crippen LogP contribution in [0.15, 0.2) is 53.7 Å². The van der Waals surface area contributed by atoms with Gasteiger partial charge < -0.3 is 19.9 Å². The topological polar surface area (TPSA) is 79.7 Å². The van der Waals surface area contributed by atoms with Gasteiger partial charge in [0.1, 0.15) is 5.52 Å². The van der Waals surface area contributed by atoms with Gasteiger partial charge in [-0.1, -0.05) is 6.07 Å². The second-order valence-corrected chi connectivity index (χ2v) is 9.83. The summed E-state index contributed by atoms with van der Waals surface area (Å²) in [4.78, 5) is 9.16. The highest BCUT2D eigenvalue weighted by Crippen LogP contribution is 2.32. The first-order valence-electron chi connectivity index (χ1n) is 10.6. The van der Waals surface area contributed by atoms with Gasteiger partial charge in [-0.25, -0.2) is 12.4 Å². The summed E-state index contributed by atoms with van der Waals surface area (Å²) < 4.78 is 34.2. The van der Waals surface area contributed by atoms with Crippen molar-refractivity contribution in [3.8, 4) is 0 Å². The third-order valence-corrected chi connectivity index (χ3v) is 7.85. The number of nitrogens with zero attached hydrogens (tertiary/aromatic N) is 4. The van der Waals surface area contributed by atoms with Gasteiger partial charge in [0, 0.05) is 64.5 Å². The van der Waals surface area contributed by atoms with Gasteiger partial charge in [0.15, 0.2) is 0 Å². The summed E-state index contributed by atoms with van der Waals surface area (Å²) in [5.41, 5.74) is 3.07. The zero-order chi connectivity index (χ0) is 21.4. The SMILES string of the molecule is CO[C@H]1CCN(c2cccc(S(=O)(=O)n3cc(N4CCNCC4)c4ncccc43)c2)C1. The zero-order valence-electron chi connectivity index (χ0n) is 17.6. The molecule has 2 aliphatic rings. The molecule has 2 aliphatic heterocycles. The normalized spacial score (nSPS) is 20.0. The molecule has 0 aliphatic carbocycles. The van der Waals surface area contributed by atoms with Crippen molar-refractivity contribution in [1.82, 2.24) is 14.3 Å². The summed E-state index contributed by atoms with van der Waals surface area (Å²) in [5.74, 6) is 0. The quantitative estimate of drug-likeness (QED) is 0.648. The zero-order valence-corrected chi connectivity index (χ0v) is 18.4. The lowest BCUT2D eigenvalue weighted by Gasteiger charge is -2.28. The second kappa shape index (κ2) is 8.14. The van der Waals surface area contributed by atoms with Crippen LogP contribution in [0.4, 0.5) is 11.4 Å². The first kappa shape index (κ1) is 20.3. The van der Waals surface area contributed by atoms with E-state index in [2.05, 4.69) is 20.1 Å². The number of benzene rings is 1. The maximum Gasteiger partial charge on any atom is 0.268 e. The van der Waals surface area contributed by atoms with Crippen molar-refractivity contribution >= 4 is 32.4 Å². The number of nitrogens with one attached hydrogen (secondary N) is 1. The van der Waals surface area contributed by atoms with Crippen molar-refractivity contribution in [3.63, 3.8) is 0 Å². The number of fused-ring (bicyclic) bond motifs is 1. The van der Waals surface area contributed by atoms with Crippen molar-refractivity contribution in [1.29, 1.82) is 0 Å². The van der Waals surface area contributed by atoms with Crippen LogP contribution in [-0.2, 0) is 14.8 Å². The molecule has 5 rings (SSSR count). The van der Waals surface area contributed by atoms with Crippen LogP contribution in [0.2, 0.25) is 0 Å². The maximum absolute atomic E-state index is 13.7. The monoisotopic (exact) mass is 441 g/mol. The van der Waals surface area contributed by atoms with Crippen LogP contribution in [0.3, 0.4) is 0 Å². The van der Waals surface area contributed by atoms with Crippen LogP contribution < -0.4 is 15.1 Å². The lowest BCUT2D eigenvalue weighted by atomic mass is 10.3. The smallest absolute Gasteiger partial charge is 0.268 e. The molecule has 4 heterocycles. The Kier molecular flexibility index (Phi) is 5.33. The number of pyridine rings is 1. The number of hydrogen-bond acceptors (Lipinski definition) is 7. The first-order chi connectivity index (χ1) is 15.1. The van der Waals surface area contributed by atoms with E-state index in [1.54, 1.807) is 37.7 Å². The molecule has 9 heteroatoms. The molecule has 1 atom stereocenters. The van der Waals surface area contributed by atoms with Crippen LogP contribution in [0, 0.1) is 0 Å². The van der Waals surface area contributed by atoms with Crippen molar-refractivity contribution in [2.75, 3.05) is 56.2 Å². The fourth-order valence-corrected chi connectivity index (χ4v) is 5.85. The summed E-state index contributed by atoms with van der Waals surface area (Å²) in [5, 5.41) is 3.33. The minimum Gasteiger partial charge on any atom is -0.380 e. The number of piperazine rings is 1. The molecule has 1 N–H and O–H groups in total. The molecule has 31 heavy (non-hydrogen) atoms. The van der Waals surface area contributed by atoms with Gasteiger partial charge in [-0.3, -0.25) is 4.98 Å². The van der Waals surface area contributed by atoms with Crippen LogP contribution in [-0.4, -0.2) is 69.9 Å². The largest absolute Gasteiger partial charge is 0.380 e. The summed E-state index contributed by atoms with van der Waals surface area (Å²) >= 11 is 0. The van der Waals surface area contributed by atoms with E-state index < -0.39 is 10.0 Å². The maximum atomic E-state index is 13.7. The molecule has 0 spiro atoms. The Morgan fingerprint density at radius 2 is 1.94 bits per heavy atom. The predicted molar refractivity (Wildman–Crippen MR) is 121 cm³/mol. The summed E-state index contributed by atoms with van der Waals surface area (Å²) in [6, 6.07) is 10.8. The van der Waals surface area contributed by atoms with E-state index in [0.29, 0.717) is 11.0 Å². The third kappa shape index (κ3) is 3.66. The van der Waals surface area contributed by atoms with Gasteiger partial charge in [-0.05, 0) is 36.8 Å². The first-order valence-corrected chi connectivity index (χ1v) is 12.1. The lowest BCUT2D eigenvalue weighted by molar-refractivity contribution is 0.121. The number of anilines is 2. The van der Waals surface area contributed by atoms with Crippen LogP contribution >= 0.6 is 0 Å². The van der Waals surface area contributed by atoms with E-state index in [4.69, 9.17) is 4.74 Å². The number of rotatable bonds is 5. The number of hydrogen-bond donors (Lipinski definition) is 1. The standard InChI is InChI=1S/C22H27N5O3S/c1-30-18-7-11-26(15-18)17-4-2-5-19(14-17)31(28,29)27-16-21(25-12-9-23-10-13-25)22-20(27)6-3-8-24-22/h2-6,8,14,16,18,23H,7,9-13,15H2,1H3/t18-/m0/s1. The third-order valence-electron chi connectivity index (χ3n) is 6.18. The van der Waals surface area contributed by atoms with Crippen molar-refractivity contribution in [2.24, 2.45) is 0 Å². The average molecular weight is 442 g/mol. The highest BCUT2D eigenvalue weighted by atomic mass is 32.2. The van der Waals surface area contributed by atoms with Crippen LogP contribution in [0.5, 0.6) is 0 Å². The Morgan fingerprint density at radius 1 is 1.10 bits per heavy atom. The molecule has 164 valence electrons. The molecule has 2 aromatic heterocycles. The molecule has 1 aromatic carbocycles. The van der Waals surface area contributed by atoms with E-state index in [0.717, 1.165) is 57.1 Å².